The number of hydrogen-bond acceptors (Lipinski definition) is 2. The number of ether oxygens (including phenoxy) is 1. The van der Waals surface area contributed by atoms with Crippen molar-refractivity contribution in [3.63, 3.8) is 0 Å². The van der Waals surface area contributed by atoms with Gasteiger partial charge >= 0.3 is 250 Å². The molecule has 8 rings (SSSR count). The molecule has 46 heavy (non-hydrogen) atoms. The zero-order chi connectivity index (χ0) is 31.5. The number of rotatable bonds is 5. The summed E-state index contributed by atoms with van der Waals surface area (Å²) >= 11 is 2.47. The molecular weight excluding hydrogens is 748 g/mol. The van der Waals surface area contributed by atoms with E-state index in [1.807, 2.05) is 36.5 Å². The van der Waals surface area contributed by atoms with Crippen molar-refractivity contribution < 1.29 is 24.1 Å². The zero-order valence-corrected chi connectivity index (χ0v) is 28.3. The van der Waals surface area contributed by atoms with Gasteiger partial charge in [-0.2, -0.15) is 0 Å². The van der Waals surface area contributed by atoms with Crippen LogP contribution in [0.3, 0.4) is 0 Å². The maximum atomic E-state index is 6.60. The van der Waals surface area contributed by atoms with E-state index in [-0.39, 0.29) is 6.04 Å². The second kappa shape index (κ2) is 11.3. The summed E-state index contributed by atoms with van der Waals surface area (Å²) < 4.78 is 14.6. The van der Waals surface area contributed by atoms with Gasteiger partial charge < -0.3 is 0 Å². The Morgan fingerprint density at radius 2 is 1.54 bits per heavy atom. The van der Waals surface area contributed by atoms with Crippen LogP contribution >= 0.6 is 0 Å². The molecule has 0 bridgehead atoms. The molecule has 0 fully saturated rings. The number of pyridine rings is 1. The van der Waals surface area contributed by atoms with E-state index in [4.69, 9.17) is 4.74 Å². The molecule has 2 atom stereocenters. The molecule has 0 spiro atoms. The molecule has 0 amide bonds. The van der Waals surface area contributed by atoms with E-state index >= 15 is 0 Å². The topological polar surface area (TPSA) is 36.9 Å². The normalized spacial score (nSPS) is 16.7. The Morgan fingerprint density at radius 1 is 0.783 bits per heavy atom. The average Bonchev–Trinajstić information content (AvgIpc) is 3.52. The second-order valence-electron chi connectivity index (χ2n) is 12.1. The van der Waals surface area contributed by atoms with Crippen molar-refractivity contribution in [1.82, 2.24) is 18.7 Å². The summed E-state index contributed by atoms with van der Waals surface area (Å²) in [6.07, 6.45) is 6.50. The van der Waals surface area contributed by atoms with Crippen molar-refractivity contribution in [2.45, 2.75) is 33.7 Å². The first kappa shape index (κ1) is 28.7. The molecule has 6 heteroatoms. The summed E-state index contributed by atoms with van der Waals surface area (Å²) in [5.41, 5.74) is 8.97. The van der Waals surface area contributed by atoms with Crippen LogP contribution in [-0.4, -0.2) is 18.7 Å². The molecule has 230 valence electrons. The second-order valence-corrected chi connectivity index (χ2v) is 13.1. The Morgan fingerprint density at radius 3 is 2.33 bits per heavy atom. The van der Waals surface area contributed by atoms with Crippen LogP contribution in [-0.2, 0) is 19.4 Å². The number of fused-ring (bicyclic) bond motifs is 4. The van der Waals surface area contributed by atoms with Gasteiger partial charge in [-0.15, -0.1) is 0 Å². The first-order chi connectivity index (χ1) is 22.4. The summed E-state index contributed by atoms with van der Waals surface area (Å²) in [4.78, 5) is 4.67. The first-order valence-electron chi connectivity index (χ1n) is 15.5. The van der Waals surface area contributed by atoms with Gasteiger partial charge in [-0.05, 0) is 6.07 Å². The summed E-state index contributed by atoms with van der Waals surface area (Å²) in [5.74, 6) is 2.52. The Kier molecular flexibility index (Phi) is 7.03. The van der Waals surface area contributed by atoms with E-state index in [1.165, 1.54) is 16.7 Å². The number of allylic oxidation sites excluding steroid dienone is 4. The molecule has 5 nitrogen and oxygen atoms in total. The van der Waals surface area contributed by atoms with E-state index in [2.05, 4.69) is 151 Å². The van der Waals surface area contributed by atoms with Gasteiger partial charge in [0.25, 0.3) is 0 Å². The van der Waals surface area contributed by atoms with E-state index in [0.29, 0.717) is 17.4 Å². The Bertz CT molecular complexity index is 2430. The van der Waals surface area contributed by atoms with E-state index in [0.717, 1.165) is 48.2 Å². The van der Waals surface area contributed by atoms with Gasteiger partial charge in [-0.1, -0.05) is 18.2 Å². The molecule has 2 unspecified atom stereocenters. The number of imidazole rings is 1. The van der Waals surface area contributed by atoms with E-state index in [1.54, 1.807) is 0 Å². The minimum absolute atomic E-state index is 0.233. The summed E-state index contributed by atoms with van der Waals surface area (Å²) in [6.45, 7) is 8.82. The van der Waals surface area contributed by atoms with Gasteiger partial charge in [0.15, 0.2) is 0 Å². The van der Waals surface area contributed by atoms with Crippen LogP contribution in [0, 0.1) is 28.8 Å². The average molecular weight is 780 g/mol. The molecule has 1 aliphatic carbocycles. The van der Waals surface area contributed by atoms with Crippen LogP contribution in [0.5, 0.6) is 11.5 Å². The monoisotopic (exact) mass is 779 g/mol. The molecule has 0 saturated carbocycles. The Balaban J connectivity index is 1.24. The predicted octanol–water partition coefficient (Wildman–Crippen LogP) is 9.79. The van der Waals surface area contributed by atoms with Crippen molar-refractivity contribution in [2.24, 2.45) is 5.92 Å². The molecule has 0 aliphatic heterocycles. The minimum atomic E-state index is 0.233. The quantitative estimate of drug-likeness (QED) is 0.163. The van der Waals surface area contributed by atoms with Crippen molar-refractivity contribution in [1.29, 1.82) is 0 Å². The van der Waals surface area contributed by atoms with Gasteiger partial charge in [-0.25, -0.2) is 0 Å². The van der Waals surface area contributed by atoms with Gasteiger partial charge in [0.05, 0.1) is 0 Å². The fourth-order valence-electron chi connectivity index (χ4n) is 7.07. The summed E-state index contributed by atoms with van der Waals surface area (Å²) in [7, 11) is 0. The molecule has 3 aromatic heterocycles. The molecule has 0 N–H and O–H groups in total. The van der Waals surface area contributed by atoms with E-state index in [9.17, 15) is 0 Å². The van der Waals surface area contributed by atoms with Gasteiger partial charge in [0.2, 0.25) is 0 Å². The number of aryl methyl sites for hydroxylation is 1. The molecule has 0 saturated heterocycles. The van der Waals surface area contributed by atoms with Crippen LogP contribution in [0.25, 0.3) is 44.3 Å². The zero-order valence-electron chi connectivity index (χ0n) is 26.1. The van der Waals surface area contributed by atoms with Crippen LogP contribution < -0.4 is 4.74 Å². The molecular formula is C40H32N4OPt-2. The maximum absolute atomic E-state index is 6.60. The summed E-state index contributed by atoms with van der Waals surface area (Å²) in [6, 6.07) is 38.7. The molecule has 4 aromatic carbocycles. The molecule has 0 radical (unpaired) electrons. The van der Waals surface area contributed by atoms with Crippen molar-refractivity contribution in [3.8, 4) is 23.0 Å². The number of nitrogens with zero attached hydrogens (tertiary/aromatic N) is 4. The van der Waals surface area contributed by atoms with Crippen LogP contribution in [0.2, 0.25) is 0 Å². The third-order valence-electron chi connectivity index (χ3n) is 8.91. The first-order valence-corrected chi connectivity index (χ1v) is 16.6. The van der Waals surface area contributed by atoms with Gasteiger partial charge in [0, 0.05) is 6.20 Å². The van der Waals surface area contributed by atoms with Gasteiger partial charge in [0.1, 0.15) is 0 Å². The molecule has 3 heterocycles. The van der Waals surface area contributed by atoms with E-state index < -0.39 is 0 Å². The number of para-hydroxylation sites is 3. The number of benzene rings is 4. The fourth-order valence-corrected chi connectivity index (χ4v) is 8.20. The van der Waals surface area contributed by atoms with Crippen molar-refractivity contribution >= 4 is 32.8 Å². The third kappa shape index (κ3) is 4.64. The number of aromatic nitrogens is 4. The van der Waals surface area contributed by atoms with Crippen molar-refractivity contribution in [2.75, 3.05) is 0 Å². The Hall–Kier alpha value is -4.73. The Labute approximate surface area is 279 Å². The third-order valence-corrected chi connectivity index (χ3v) is 9.97. The van der Waals surface area contributed by atoms with Crippen LogP contribution in [0.1, 0.15) is 32.4 Å². The standard InChI is InChI=1S/C40H32N4O.Pt/c1-26-20-28(3)40(29(4)21-26)43-25-42(35-16-7-8-17-36(35)43)30-12-11-13-31(23-30)45-38-24-37-33(22-27(38)2)32-14-5-6-15-34(32)44(37)39-18-9-10-19-41-39;/h5-22,28,40H,1-4H3;/q-2;. The SMILES string of the molecule is CC1=CC(C)C(n2[c](=[Pt])n(-c3[c-]c(Oc4[c-]c5c(cc4C)c4ccccc4n5-c4ccccn4)ccc3)c3ccccc32)C(C)=C1. The molecule has 1 aliphatic rings. The predicted molar refractivity (Wildman–Crippen MR) is 181 cm³/mol. The van der Waals surface area contributed by atoms with Crippen LogP contribution in [0.15, 0.2) is 120 Å². The fraction of sp³-hybridized carbons (Fsp3) is 0.150. The number of hydrogen-bond donors (Lipinski definition) is 0. The van der Waals surface area contributed by atoms with Crippen molar-refractivity contribution in [3.05, 3.63) is 142 Å². The van der Waals surface area contributed by atoms with Gasteiger partial charge in [-0.3, -0.25) is 0 Å². The van der Waals surface area contributed by atoms with Crippen LogP contribution in [0.4, 0.5) is 0 Å². The summed E-state index contributed by atoms with van der Waals surface area (Å²) in [5, 5.41) is 2.28. The molecule has 7 aromatic rings.